The predicted octanol–water partition coefficient (Wildman–Crippen LogP) is 1.99. The van der Waals surface area contributed by atoms with E-state index in [4.69, 9.17) is 10.00 Å². The quantitative estimate of drug-likeness (QED) is 0.796. The molecule has 21 heavy (non-hydrogen) atoms. The molecule has 1 aromatic carbocycles. The first-order chi connectivity index (χ1) is 10.2. The minimum Gasteiger partial charge on any atom is -0.378 e. The van der Waals surface area contributed by atoms with Crippen LogP contribution in [0.15, 0.2) is 24.3 Å². The van der Waals surface area contributed by atoms with E-state index < -0.39 is 0 Å². The zero-order chi connectivity index (χ0) is 14.8. The van der Waals surface area contributed by atoms with E-state index in [1.165, 1.54) is 4.90 Å². The van der Waals surface area contributed by atoms with Crippen molar-refractivity contribution in [3.05, 3.63) is 35.4 Å². The van der Waals surface area contributed by atoms with Gasteiger partial charge >= 0.3 is 0 Å². The standard InChI is InChI=1S/C16H16N2O3/c17-10-11-6-8-21-12(9-11)5-7-18-15(19)13-3-1-2-4-14(13)16(18)20/h1-4,11-12H,5-9H2. The molecule has 5 nitrogen and oxygen atoms in total. The molecule has 3 rings (SSSR count). The zero-order valence-corrected chi connectivity index (χ0v) is 11.6. The normalized spacial score (nSPS) is 24.8. The van der Waals surface area contributed by atoms with E-state index in [9.17, 15) is 9.59 Å². The molecule has 0 radical (unpaired) electrons. The molecule has 1 saturated heterocycles. The average Bonchev–Trinajstić information content (AvgIpc) is 2.78. The molecule has 0 N–H and O–H groups in total. The van der Waals surface area contributed by atoms with Crippen LogP contribution in [0.2, 0.25) is 0 Å². The Kier molecular flexibility index (Phi) is 3.72. The number of benzene rings is 1. The van der Waals surface area contributed by atoms with Crippen LogP contribution in [0.3, 0.4) is 0 Å². The summed E-state index contributed by atoms with van der Waals surface area (Å²) in [5.74, 6) is -0.447. The summed E-state index contributed by atoms with van der Waals surface area (Å²) in [6.45, 7) is 0.917. The van der Waals surface area contributed by atoms with Gasteiger partial charge in [-0.2, -0.15) is 5.26 Å². The second-order valence-electron chi connectivity index (χ2n) is 5.44. The lowest BCUT2D eigenvalue weighted by atomic mass is 9.95. The molecular formula is C16H16N2O3. The maximum Gasteiger partial charge on any atom is 0.261 e. The van der Waals surface area contributed by atoms with Crippen LogP contribution in [-0.2, 0) is 4.74 Å². The first-order valence-electron chi connectivity index (χ1n) is 7.17. The summed E-state index contributed by atoms with van der Waals surface area (Å²) < 4.78 is 5.62. The van der Waals surface area contributed by atoms with Crippen LogP contribution in [0, 0.1) is 17.2 Å². The van der Waals surface area contributed by atoms with Gasteiger partial charge in [-0.05, 0) is 31.4 Å². The molecule has 0 spiro atoms. The Hall–Kier alpha value is -2.19. The van der Waals surface area contributed by atoms with Crippen molar-refractivity contribution in [1.29, 1.82) is 5.26 Å². The van der Waals surface area contributed by atoms with Gasteiger partial charge in [-0.3, -0.25) is 14.5 Å². The highest BCUT2D eigenvalue weighted by atomic mass is 16.5. The number of rotatable bonds is 3. The molecule has 2 aliphatic heterocycles. The third-order valence-corrected chi connectivity index (χ3v) is 4.10. The van der Waals surface area contributed by atoms with E-state index in [0.717, 1.165) is 6.42 Å². The number of carbonyl (C=O) groups is 2. The van der Waals surface area contributed by atoms with Gasteiger partial charge in [0, 0.05) is 13.2 Å². The smallest absolute Gasteiger partial charge is 0.261 e. The van der Waals surface area contributed by atoms with Gasteiger partial charge in [0.25, 0.3) is 11.8 Å². The second-order valence-corrected chi connectivity index (χ2v) is 5.44. The van der Waals surface area contributed by atoms with Crippen LogP contribution < -0.4 is 0 Å². The van der Waals surface area contributed by atoms with E-state index in [2.05, 4.69) is 6.07 Å². The molecule has 2 atom stereocenters. The molecule has 5 heteroatoms. The number of hydrogen-bond acceptors (Lipinski definition) is 4. The Morgan fingerprint density at radius 1 is 1.24 bits per heavy atom. The van der Waals surface area contributed by atoms with Crippen molar-refractivity contribution in [2.75, 3.05) is 13.2 Å². The van der Waals surface area contributed by atoms with Gasteiger partial charge in [0.05, 0.1) is 29.2 Å². The number of nitriles is 1. The maximum absolute atomic E-state index is 12.2. The lowest BCUT2D eigenvalue weighted by Gasteiger charge is -2.27. The fourth-order valence-electron chi connectivity index (χ4n) is 2.91. The fraction of sp³-hybridized carbons (Fsp3) is 0.438. The lowest BCUT2D eigenvalue weighted by Crippen LogP contribution is -2.34. The van der Waals surface area contributed by atoms with Gasteiger partial charge in [0.2, 0.25) is 0 Å². The number of imide groups is 1. The van der Waals surface area contributed by atoms with E-state index in [1.54, 1.807) is 24.3 Å². The molecule has 0 saturated carbocycles. The van der Waals surface area contributed by atoms with Crippen molar-refractivity contribution in [1.82, 2.24) is 4.90 Å². The molecule has 2 heterocycles. The van der Waals surface area contributed by atoms with Crippen molar-refractivity contribution in [2.45, 2.75) is 25.4 Å². The number of amides is 2. The summed E-state index contributed by atoms with van der Waals surface area (Å²) in [6, 6.07) is 9.14. The average molecular weight is 284 g/mol. The number of ether oxygens (including phenoxy) is 1. The molecule has 0 aromatic heterocycles. The molecule has 1 fully saturated rings. The molecule has 2 amide bonds. The molecule has 0 aliphatic carbocycles. The van der Waals surface area contributed by atoms with Crippen molar-refractivity contribution < 1.29 is 14.3 Å². The second kappa shape index (κ2) is 5.66. The predicted molar refractivity (Wildman–Crippen MR) is 74.5 cm³/mol. The van der Waals surface area contributed by atoms with Gasteiger partial charge in [0.1, 0.15) is 0 Å². The van der Waals surface area contributed by atoms with E-state index in [1.807, 2.05) is 0 Å². The van der Waals surface area contributed by atoms with Crippen molar-refractivity contribution in [3.8, 4) is 6.07 Å². The van der Waals surface area contributed by atoms with Crippen LogP contribution in [0.25, 0.3) is 0 Å². The van der Waals surface area contributed by atoms with Crippen LogP contribution >= 0.6 is 0 Å². The van der Waals surface area contributed by atoms with Crippen LogP contribution in [0.1, 0.15) is 40.0 Å². The Morgan fingerprint density at radius 3 is 2.52 bits per heavy atom. The monoisotopic (exact) mass is 284 g/mol. The van der Waals surface area contributed by atoms with Crippen molar-refractivity contribution in [3.63, 3.8) is 0 Å². The highest BCUT2D eigenvalue weighted by Gasteiger charge is 2.35. The van der Waals surface area contributed by atoms with Crippen molar-refractivity contribution >= 4 is 11.8 Å². The summed E-state index contributed by atoms with van der Waals surface area (Å²) in [7, 11) is 0. The van der Waals surface area contributed by atoms with Gasteiger partial charge in [-0.15, -0.1) is 0 Å². The summed E-state index contributed by atoms with van der Waals surface area (Å²) in [5, 5.41) is 8.97. The number of carbonyl (C=O) groups excluding carboxylic acids is 2. The zero-order valence-electron chi connectivity index (χ0n) is 11.6. The molecule has 2 unspecified atom stereocenters. The number of nitrogens with zero attached hydrogens (tertiary/aromatic N) is 2. The van der Waals surface area contributed by atoms with E-state index in [0.29, 0.717) is 37.1 Å². The van der Waals surface area contributed by atoms with E-state index in [-0.39, 0.29) is 23.8 Å². The third kappa shape index (κ3) is 2.55. The fourth-order valence-corrected chi connectivity index (χ4v) is 2.91. The van der Waals surface area contributed by atoms with Gasteiger partial charge in [-0.25, -0.2) is 0 Å². The first-order valence-corrected chi connectivity index (χ1v) is 7.17. The largest absolute Gasteiger partial charge is 0.378 e. The van der Waals surface area contributed by atoms with Crippen molar-refractivity contribution in [2.24, 2.45) is 5.92 Å². The topological polar surface area (TPSA) is 70.4 Å². The van der Waals surface area contributed by atoms with Crippen LogP contribution in [-0.4, -0.2) is 36.0 Å². The first kappa shape index (κ1) is 13.8. The lowest BCUT2D eigenvalue weighted by molar-refractivity contribution is -0.00591. The molecule has 1 aromatic rings. The molecule has 2 aliphatic rings. The Balaban J connectivity index is 1.64. The number of hydrogen-bond donors (Lipinski definition) is 0. The minimum atomic E-state index is -0.233. The van der Waals surface area contributed by atoms with Crippen LogP contribution in [0.4, 0.5) is 0 Å². The summed E-state index contributed by atoms with van der Waals surface area (Å²) in [5.41, 5.74) is 0.948. The number of fused-ring (bicyclic) bond motifs is 1. The summed E-state index contributed by atoms with van der Waals surface area (Å²) >= 11 is 0. The Bertz CT molecular complexity index is 585. The van der Waals surface area contributed by atoms with Gasteiger partial charge in [0.15, 0.2) is 0 Å². The SMILES string of the molecule is N#CC1CCOC(CCN2C(=O)c3ccccc3C2=O)C1. The Morgan fingerprint density at radius 2 is 1.90 bits per heavy atom. The summed E-state index contributed by atoms with van der Waals surface area (Å²) in [4.78, 5) is 25.7. The van der Waals surface area contributed by atoms with Crippen LogP contribution in [0.5, 0.6) is 0 Å². The van der Waals surface area contributed by atoms with Gasteiger partial charge < -0.3 is 4.74 Å². The molecule has 108 valence electrons. The van der Waals surface area contributed by atoms with Gasteiger partial charge in [-0.1, -0.05) is 12.1 Å². The molecule has 0 bridgehead atoms. The molecular weight excluding hydrogens is 268 g/mol. The third-order valence-electron chi connectivity index (χ3n) is 4.10. The maximum atomic E-state index is 12.2. The Labute approximate surface area is 123 Å². The summed E-state index contributed by atoms with van der Waals surface area (Å²) in [6.07, 6.45) is 1.98. The highest BCUT2D eigenvalue weighted by molar-refractivity contribution is 6.21. The highest BCUT2D eigenvalue weighted by Crippen LogP contribution is 2.25. The van der Waals surface area contributed by atoms with E-state index >= 15 is 0 Å². The minimum absolute atomic E-state index is 0.0194.